The van der Waals surface area contributed by atoms with Gasteiger partial charge >= 0.3 is 18.2 Å². The molecular formula is C45H49F5N8O4S. The average Bonchev–Trinajstić information content (AvgIpc) is 3.67. The summed E-state index contributed by atoms with van der Waals surface area (Å²) in [6.07, 6.45) is -0.601. The number of fused-ring (bicyclic) bond motifs is 3. The van der Waals surface area contributed by atoms with E-state index >= 15 is 4.39 Å². The van der Waals surface area contributed by atoms with Gasteiger partial charge in [-0.25, -0.2) is 18.4 Å². The van der Waals surface area contributed by atoms with Gasteiger partial charge in [-0.15, -0.1) is 0 Å². The highest BCUT2D eigenvalue weighted by molar-refractivity contribution is 8.15. The molecule has 4 aromatic rings. The number of nitrogens with one attached hydrogen (secondary N) is 3. The number of halogens is 5. The first-order valence-corrected chi connectivity index (χ1v) is 21.3. The van der Waals surface area contributed by atoms with Crippen LogP contribution in [0.25, 0.3) is 0 Å². The molecule has 1 saturated heterocycles. The van der Waals surface area contributed by atoms with E-state index in [0.717, 1.165) is 52.7 Å². The average molecular weight is 893 g/mol. The van der Waals surface area contributed by atoms with Crippen molar-refractivity contribution in [1.82, 2.24) is 25.6 Å². The Morgan fingerprint density at radius 1 is 1.05 bits per heavy atom. The van der Waals surface area contributed by atoms with E-state index in [2.05, 4.69) is 21.1 Å². The van der Waals surface area contributed by atoms with Crippen molar-refractivity contribution in [2.24, 2.45) is 16.8 Å². The van der Waals surface area contributed by atoms with Crippen LogP contribution >= 0.6 is 11.8 Å². The second-order valence-electron chi connectivity index (χ2n) is 15.7. The molecule has 18 heteroatoms. The van der Waals surface area contributed by atoms with Crippen LogP contribution in [0.15, 0.2) is 108 Å². The Balaban J connectivity index is 1.13. The van der Waals surface area contributed by atoms with Gasteiger partial charge in [0.1, 0.15) is 21.5 Å². The van der Waals surface area contributed by atoms with Crippen molar-refractivity contribution in [1.29, 1.82) is 0 Å². The predicted molar refractivity (Wildman–Crippen MR) is 231 cm³/mol. The number of hydrazone groups is 1. The maximum absolute atomic E-state index is 15.2. The Morgan fingerprint density at radius 2 is 1.81 bits per heavy atom. The number of anilines is 1. The third kappa shape index (κ3) is 10.1. The molecule has 1 unspecified atom stereocenters. The van der Waals surface area contributed by atoms with Gasteiger partial charge in [-0.3, -0.25) is 4.84 Å². The van der Waals surface area contributed by atoms with Crippen molar-refractivity contribution in [2.45, 2.75) is 61.5 Å². The fourth-order valence-corrected chi connectivity index (χ4v) is 9.54. The minimum atomic E-state index is -4.56. The number of rotatable bonds is 13. The molecule has 5 atom stereocenters. The van der Waals surface area contributed by atoms with Gasteiger partial charge in [-0.2, -0.15) is 28.3 Å². The minimum Gasteiger partial charge on any atom is -0.382 e. The summed E-state index contributed by atoms with van der Waals surface area (Å²) < 4.78 is 78.0. The van der Waals surface area contributed by atoms with Crippen LogP contribution in [-0.4, -0.2) is 72.5 Å². The number of alkyl halides is 3. The number of hydroxylamine groups is 2. The lowest BCUT2D eigenvalue weighted by Gasteiger charge is -2.46. The minimum absolute atomic E-state index is 0.0266. The number of carbonyl (C=O) groups is 2. The largest absolute Gasteiger partial charge is 0.416 e. The Bertz CT molecular complexity index is 2320. The van der Waals surface area contributed by atoms with Crippen LogP contribution in [0.2, 0.25) is 0 Å². The maximum Gasteiger partial charge on any atom is 0.416 e. The smallest absolute Gasteiger partial charge is 0.382 e. The van der Waals surface area contributed by atoms with E-state index in [1.807, 2.05) is 68.7 Å². The van der Waals surface area contributed by atoms with Crippen LogP contribution in [0, 0.1) is 17.6 Å². The standard InChI is InChI=1S/C45H49F5N8O4S/c1-56(2)23-22-52-42(59)53-26-33-16-17-34-39(54-38-19-14-31(45(48,49)50)24-36(38)40(34)62-33)29-12-10-28(11-13-29)27-57(61-3)43(60)58-44(20-7-21-51,30-8-5-4-6-9-30)63-41(55-58)35-25-32(46)15-18-37(35)47/h4-6,8-15,18-19,22-25,33-34,39-40,54H,7,16-17,20-21,26-27,51H2,1-3H3,(H2,52,53,59)/b23-22+/t33-,34?,39+,40+,44+/m1/s1. The molecule has 1 fully saturated rings. The van der Waals surface area contributed by atoms with Crippen LogP contribution < -0.4 is 21.7 Å². The van der Waals surface area contributed by atoms with Gasteiger partial charge < -0.3 is 31.3 Å². The topological polar surface area (TPSA) is 137 Å². The van der Waals surface area contributed by atoms with E-state index in [4.69, 9.17) is 15.3 Å². The monoisotopic (exact) mass is 892 g/mol. The second-order valence-corrected chi connectivity index (χ2v) is 17.0. The van der Waals surface area contributed by atoms with Crippen LogP contribution in [0.3, 0.4) is 0 Å². The highest BCUT2D eigenvalue weighted by Crippen LogP contribution is 2.53. The SMILES string of the molecule is CON(Cc1ccc([C@@H]2Nc3ccc(C(F)(F)F)cc3[C@H]3O[C@@H](CNC(=O)N/C=C/N(C)C)CCC32)cc1)C(=O)N1N=C(c2cc(F)ccc2F)S[C@@]1(CCCN)c1ccccc1. The van der Waals surface area contributed by atoms with Gasteiger partial charge in [0.15, 0.2) is 0 Å². The molecule has 63 heavy (non-hydrogen) atoms. The molecule has 4 aromatic carbocycles. The van der Waals surface area contributed by atoms with E-state index in [-0.39, 0.29) is 35.7 Å². The first-order chi connectivity index (χ1) is 30.2. The molecule has 12 nitrogen and oxygen atoms in total. The summed E-state index contributed by atoms with van der Waals surface area (Å²) in [4.78, 5) is 33.3. The molecule has 7 rings (SSSR count). The number of ether oxygens (including phenoxy) is 1. The van der Waals surface area contributed by atoms with Crippen molar-refractivity contribution in [3.8, 4) is 0 Å². The lowest BCUT2D eigenvalue weighted by molar-refractivity contribution is -0.138. The Hall–Kier alpha value is -5.69. The third-order valence-electron chi connectivity index (χ3n) is 11.2. The Kier molecular flexibility index (Phi) is 13.9. The van der Waals surface area contributed by atoms with Crippen molar-refractivity contribution in [3.05, 3.63) is 148 Å². The summed E-state index contributed by atoms with van der Waals surface area (Å²) in [7, 11) is 4.98. The first kappa shape index (κ1) is 45.3. The zero-order valence-corrected chi connectivity index (χ0v) is 35.7. The normalized spacial score (nSPS) is 21.9. The molecule has 0 saturated carbocycles. The van der Waals surface area contributed by atoms with Gasteiger partial charge in [0.2, 0.25) is 0 Å². The van der Waals surface area contributed by atoms with E-state index in [0.29, 0.717) is 54.6 Å². The molecule has 4 amide bonds. The Labute approximate surface area is 366 Å². The van der Waals surface area contributed by atoms with Crippen LogP contribution in [-0.2, 0) is 27.2 Å². The van der Waals surface area contributed by atoms with E-state index in [1.165, 1.54) is 24.4 Å². The maximum atomic E-state index is 15.2. The summed E-state index contributed by atoms with van der Waals surface area (Å²) >= 11 is 1.14. The molecule has 334 valence electrons. The van der Waals surface area contributed by atoms with E-state index in [1.54, 1.807) is 11.1 Å². The van der Waals surface area contributed by atoms with E-state index in [9.17, 15) is 27.2 Å². The highest BCUT2D eigenvalue weighted by Gasteiger charge is 2.50. The van der Waals surface area contributed by atoms with Crippen molar-refractivity contribution in [3.63, 3.8) is 0 Å². The van der Waals surface area contributed by atoms with Crippen molar-refractivity contribution < 1.29 is 41.1 Å². The molecule has 0 aromatic heterocycles. The molecule has 3 aliphatic heterocycles. The number of nitrogens with two attached hydrogens (primary N) is 1. The van der Waals surface area contributed by atoms with Crippen LogP contribution in [0.4, 0.5) is 37.2 Å². The summed E-state index contributed by atoms with van der Waals surface area (Å²) in [5.74, 6) is -1.62. The fourth-order valence-electron chi connectivity index (χ4n) is 8.13. The quantitative estimate of drug-likeness (QED) is 0.0773. The number of benzene rings is 4. The van der Waals surface area contributed by atoms with Gasteiger partial charge in [0.05, 0.1) is 37.5 Å². The number of hydrogen-bond donors (Lipinski definition) is 4. The summed E-state index contributed by atoms with van der Waals surface area (Å²) in [6.45, 7) is 0.433. The lowest BCUT2D eigenvalue weighted by Crippen LogP contribution is -2.48. The number of thioether (sulfide) groups is 1. The zero-order chi connectivity index (χ0) is 44.9. The number of carbonyl (C=O) groups excluding carboxylic acids is 2. The first-order valence-electron chi connectivity index (χ1n) is 20.4. The molecule has 0 radical (unpaired) electrons. The zero-order valence-electron chi connectivity index (χ0n) is 34.9. The molecular weight excluding hydrogens is 844 g/mol. The number of hydrogen-bond acceptors (Lipinski definition) is 9. The molecule has 3 heterocycles. The van der Waals surface area contributed by atoms with Crippen molar-refractivity contribution in [2.75, 3.05) is 39.6 Å². The highest BCUT2D eigenvalue weighted by atomic mass is 32.2. The summed E-state index contributed by atoms with van der Waals surface area (Å²) in [5.41, 5.74) is 8.23. The van der Waals surface area contributed by atoms with Crippen molar-refractivity contribution >= 4 is 34.6 Å². The van der Waals surface area contributed by atoms with Gasteiger partial charge in [0.25, 0.3) is 0 Å². The van der Waals surface area contributed by atoms with Gasteiger partial charge in [0, 0.05) is 55.8 Å². The second kappa shape index (κ2) is 19.4. The van der Waals surface area contributed by atoms with Crippen LogP contribution in [0.1, 0.15) is 71.2 Å². The predicted octanol–water partition coefficient (Wildman–Crippen LogP) is 8.80. The number of urea groups is 2. The van der Waals surface area contributed by atoms with Crippen LogP contribution in [0.5, 0.6) is 0 Å². The molecule has 0 bridgehead atoms. The molecule has 5 N–H and O–H groups in total. The van der Waals surface area contributed by atoms with E-state index < -0.39 is 52.5 Å². The Morgan fingerprint density at radius 3 is 2.51 bits per heavy atom. The number of nitrogens with zero attached hydrogens (tertiary/aromatic N) is 4. The summed E-state index contributed by atoms with van der Waals surface area (Å²) in [6, 6.07) is 21.9. The molecule has 3 aliphatic rings. The lowest BCUT2D eigenvalue weighted by atomic mass is 9.76. The molecule has 0 aliphatic carbocycles. The third-order valence-corrected chi connectivity index (χ3v) is 12.7. The number of amides is 4. The summed E-state index contributed by atoms with van der Waals surface area (Å²) in [5, 5.41) is 16.0. The van der Waals surface area contributed by atoms with Gasteiger partial charge in [-0.05, 0) is 85.3 Å². The van der Waals surface area contributed by atoms with Gasteiger partial charge in [-0.1, -0.05) is 66.4 Å². The fraction of sp³-hybridized carbons (Fsp3) is 0.356. The molecule has 0 spiro atoms.